The number of benzene rings is 2. The van der Waals surface area contributed by atoms with Crippen LogP contribution in [-0.2, 0) is 16.1 Å². The number of aromatic hydroxyl groups is 1. The fourth-order valence-electron chi connectivity index (χ4n) is 4.03. The van der Waals surface area contributed by atoms with Crippen LogP contribution in [0.25, 0.3) is 22.2 Å². The van der Waals surface area contributed by atoms with Crippen LogP contribution in [0.15, 0.2) is 41.6 Å². The molecule has 1 aliphatic rings. The van der Waals surface area contributed by atoms with Crippen molar-refractivity contribution in [3.05, 3.63) is 36.4 Å². The summed E-state index contributed by atoms with van der Waals surface area (Å²) in [4.78, 5) is 12.4. The third-order valence-electron chi connectivity index (χ3n) is 5.64. The molecule has 0 aliphatic heterocycles. The number of hydrogen-bond donors (Lipinski definition) is 2. The largest absolute Gasteiger partial charge is 0.507 e. The summed E-state index contributed by atoms with van der Waals surface area (Å²) in [6, 6.07) is 11.8. The molecule has 0 unspecified atom stereocenters. The molecule has 31 heavy (non-hydrogen) atoms. The number of phenols is 1. The Bertz CT molecular complexity index is 1050. The van der Waals surface area contributed by atoms with Crippen molar-refractivity contribution in [3.8, 4) is 17.1 Å². The number of ether oxygens (including phenoxy) is 1. The number of thioether (sulfide) groups is 1. The second kappa shape index (κ2) is 10.2. The van der Waals surface area contributed by atoms with E-state index in [-0.39, 0.29) is 17.4 Å². The third-order valence-corrected chi connectivity index (χ3v) is 6.61. The van der Waals surface area contributed by atoms with Crippen molar-refractivity contribution >= 4 is 28.4 Å². The van der Waals surface area contributed by atoms with E-state index < -0.39 is 0 Å². The van der Waals surface area contributed by atoms with Gasteiger partial charge in [0.15, 0.2) is 11.0 Å². The molecule has 0 spiro atoms. The van der Waals surface area contributed by atoms with Crippen LogP contribution in [-0.4, -0.2) is 51.3 Å². The summed E-state index contributed by atoms with van der Waals surface area (Å²) in [5, 5.41) is 25.0. The smallest absolute Gasteiger partial charge is 0.230 e. The minimum absolute atomic E-state index is 0.0216. The number of carbonyl (C=O) groups excluding carboxylic acids is 1. The molecular formula is C23H28N4O3S. The van der Waals surface area contributed by atoms with E-state index >= 15 is 0 Å². The van der Waals surface area contributed by atoms with Gasteiger partial charge in [-0.2, -0.15) is 0 Å². The number of amides is 1. The van der Waals surface area contributed by atoms with Crippen molar-refractivity contribution < 1.29 is 14.6 Å². The van der Waals surface area contributed by atoms with E-state index in [1.807, 2.05) is 34.9 Å². The summed E-state index contributed by atoms with van der Waals surface area (Å²) in [6.45, 7) is 0.999. The van der Waals surface area contributed by atoms with Gasteiger partial charge in [0.1, 0.15) is 5.75 Å². The molecule has 8 heteroatoms. The van der Waals surface area contributed by atoms with Crippen LogP contribution in [0.2, 0.25) is 0 Å². The minimum Gasteiger partial charge on any atom is -0.507 e. The Hall–Kier alpha value is -2.58. The lowest BCUT2D eigenvalue weighted by molar-refractivity contribution is -0.119. The molecule has 1 heterocycles. The first-order chi connectivity index (χ1) is 15.2. The molecule has 0 bridgehead atoms. The van der Waals surface area contributed by atoms with Crippen LogP contribution in [0.5, 0.6) is 5.75 Å². The highest BCUT2D eigenvalue weighted by Gasteiger charge is 2.20. The summed E-state index contributed by atoms with van der Waals surface area (Å²) in [5.41, 5.74) is 0.612. The number of nitrogens with one attached hydrogen (secondary N) is 1. The molecule has 1 fully saturated rings. The summed E-state index contributed by atoms with van der Waals surface area (Å²) in [7, 11) is 1.64. The number of rotatable bonds is 8. The van der Waals surface area contributed by atoms with Gasteiger partial charge in [0, 0.05) is 13.2 Å². The SMILES string of the molecule is COCCn1c(SCC(=O)NC2CCCCC2)nnc1-c1cc2ccccc2cc1O. The summed E-state index contributed by atoms with van der Waals surface area (Å²) >= 11 is 1.36. The highest BCUT2D eigenvalue weighted by molar-refractivity contribution is 7.99. The van der Waals surface area contributed by atoms with Crippen LogP contribution in [0.1, 0.15) is 32.1 Å². The molecule has 1 aliphatic carbocycles. The van der Waals surface area contributed by atoms with Crippen molar-refractivity contribution in [2.24, 2.45) is 0 Å². The molecule has 0 radical (unpaired) electrons. The van der Waals surface area contributed by atoms with Gasteiger partial charge < -0.3 is 15.2 Å². The monoisotopic (exact) mass is 440 g/mol. The molecule has 1 saturated carbocycles. The Labute approximate surface area is 186 Å². The Morgan fingerprint density at radius 1 is 1.19 bits per heavy atom. The maximum absolute atomic E-state index is 12.4. The molecule has 0 saturated heterocycles. The molecule has 164 valence electrons. The van der Waals surface area contributed by atoms with Crippen LogP contribution < -0.4 is 5.32 Å². The maximum Gasteiger partial charge on any atom is 0.230 e. The number of methoxy groups -OCH3 is 1. The van der Waals surface area contributed by atoms with Gasteiger partial charge in [-0.15, -0.1) is 10.2 Å². The molecule has 2 N–H and O–H groups in total. The lowest BCUT2D eigenvalue weighted by Crippen LogP contribution is -2.37. The first-order valence-electron chi connectivity index (χ1n) is 10.7. The molecule has 4 rings (SSSR count). The number of carbonyl (C=O) groups is 1. The lowest BCUT2D eigenvalue weighted by Gasteiger charge is -2.22. The minimum atomic E-state index is 0.0216. The van der Waals surface area contributed by atoms with Crippen molar-refractivity contribution in [2.45, 2.75) is 49.8 Å². The van der Waals surface area contributed by atoms with Crippen LogP contribution in [0, 0.1) is 0 Å². The Balaban J connectivity index is 1.54. The zero-order chi connectivity index (χ0) is 21.6. The van der Waals surface area contributed by atoms with E-state index in [1.54, 1.807) is 13.2 Å². The quantitative estimate of drug-likeness (QED) is 0.515. The third kappa shape index (κ3) is 5.19. The fourth-order valence-corrected chi connectivity index (χ4v) is 4.81. The number of phenolic OH excluding ortho intramolecular Hbond substituents is 1. The Morgan fingerprint density at radius 3 is 2.68 bits per heavy atom. The number of nitrogens with zero attached hydrogens (tertiary/aromatic N) is 3. The Kier molecular flexibility index (Phi) is 7.09. The van der Waals surface area contributed by atoms with Gasteiger partial charge in [-0.05, 0) is 35.7 Å². The van der Waals surface area contributed by atoms with E-state index in [0.717, 1.165) is 23.6 Å². The average molecular weight is 441 g/mol. The highest BCUT2D eigenvalue weighted by Crippen LogP contribution is 2.34. The van der Waals surface area contributed by atoms with Gasteiger partial charge in [0.25, 0.3) is 0 Å². The predicted octanol–water partition coefficient (Wildman–Crippen LogP) is 3.99. The van der Waals surface area contributed by atoms with Crippen LogP contribution in [0.4, 0.5) is 0 Å². The molecule has 7 nitrogen and oxygen atoms in total. The normalized spacial score (nSPS) is 14.7. The van der Waals surface area contributed by atoms with E-state index in [9.17, 15) is 9.90 Å². The highest BCUT2D eigenvalue weighted by atomic mass is 32.2. The van der Waals surface area contributed by atoms with Gasteiger partial charge in [0.05, 0.1) is 24.5 Å². The predicted molar refractivity (Wildman–Crippen MR) is 122 cm³/mol. The van der Waals surface area contributed by atoms with Crippen molar-refractivity contribution in [3.63, 3.8) is 0 Å². The van der Waals surface area contributed by atoms with Crippen molar-refractivity contribution in [1.29, 1.82) is 0 Å². The van der Waals surface area contributed by atoms with Gasteiger partial charge in [-0.1, -0.05) is 55.3 Å². The van der Waals surface area contributed by atoms with E-state index in [4.69, 9.17) is 4.74 Å². The standard InChI is InChI=1S/C23H28N4O3S/c1-30-12-11-27-22(19-13-16-7-5-6-8-17(16)14-20(19)28)25-26-23(27)31-15-21(29)24-18-9-3-2-4-10-18/h5-8,13-14,18,28H,2-4,9-12,15H2,1H3,(H,24,29). The summed E-state index contributed by atoms with van der Waals surface area (Å²) < 4.78 is 7.17. The van der Waals surface area contributed by atoms with Crippen molar-refractivity contribution in [2.75, 3.05) is 19.5 Å². The van der Waals surface area contributed by atoms with E-state index in [1.165, 1.54) is 31.0 Å². The molecule has 0 atom stereocenters. The van der Waals surface area contributed by atoms with Gasteiger partial charge in [0.2, 0.25) is 5.91 Å². The first-order valence-corrected chi connectivity index (χ1v) is 11.7. The van der Waals surface area contributed by atoms with Gasteiger partial charge >= 0.3 is 0 Å². The molecule has 2 aromatic carbocycles. The number of aromatic nitrogens is 3. The molecule has 3 aromatic rings. The second-order valence-corrected chi connectivity index (χ2v) is 8.80. The Morgan fingerprint density at radius 2 is 1.94 bits per heavy atom. The zero-order valence-corrected chi connectivity index (χ0v) is 18.5. The first kappa shape index (κ1) is 21.6. The maximum atomic E-state index is 12.4. The topological polar surface area (TPSA) is 89.3 Å². The van der Waals surface area contributed by atoms with E-state index in [2.05, 4.69) is 15.5 Å². The molecule has 1 aromatic heterocycles. The van der Waals surface area contributed by atoms with Gasteiger partial charge in [-0.3, -0.25) is 9.36 Å². The lowest BCUT2D eigenvalue weighted by atomic mass is 9.95. The zero-order valence-electron chi connectivity index (χ0n) is 17.7. The van der Waals surface area contributed by atoms with E-state index in [0.29, 0.717) is 35.7 Å². The summed E-state index contributed by atoms with van der Waals surface area (Å²) in [5.74, 6) is 1.02. The fraction of sp³-hybridized carbons (Fsp3) is 0.435. The summed E-state index contributed by atoms with van der Waals surface area (Å²) in [6.07, 6.45) is 5.75. The van der Waals surface area contributed by atoms with Gasteiger partial charge in [-0.25, -0.2) is 0 Å². The number of hydrogen-bond acceptors (Lipinski definition) is 6. The molecule has 1 amide bonds. The second-order valence-electron chi connectivity index (χ2n) is 7.86. The average Bonchev–Trinajstić information content (AvgIpc) is 3.19. The molecular weight excluding hydrogens is 412 g/mol. The van der Waals surface area contributed by atoms with Crippen LogP contribution >= 0.6 is 11.8 Å². The van der Waals surface area contributed by atoms with Crippen molar-refractivity contribution in [1.82, 2.24) is 20.1 Å². The number of fused-ring (bicyclic) bond motifs is 1. The van der Waals surface area contributed by atoms with Crippen LogP contribution in [0.3, 0.4) is 0 Å².